The van der Waals surface area contributed by atoms with Crippen molar-refractivity contribution in [3.05, 3.63) is 53.9 Å². The number of amides is 3. The number of anilines is 1. The number of carbonyl (C=O) groups is 2. The molecule has 2 aromatic rings. The molecule has 1 aromatic carbocycles. The van der Waals surface area contributed by atoms with E-state index in [2.05, 4.69) is 20.9 Å². The summed E-state index contributed by atoms with van der Waals surface area (Å²) >= 11 is 0. The summed E-state index contributed by atoms with van der Waals surface area (Å²) in [6, 6.07) is 9.39. The fourth-order valence-electron chi connectivity index (χ4n) is 5.37. The molecule has 0 spiro atoms. The standard InChI is InChI=1S/C26H32N4O5/c31-15-23-25-21(11-19(34-23)12-24(32)28-14-16-4-3-9-27-13-16)20-10-18(7-8-22(20)35-25)30-26(33)29-17-5-1-2-6-17/h3-4,7-10,13,17,19,21,23,25,31H,1-2,5-6,11-12,14-15H2,(H,28,32)(H2,29,30,33)/t19-,21-,23-,25+/m1/s1. The van der Waals surface area contributed by atoms with Crippen molar-refractivity contribution in [3.8, 4) is 5.75 Å². The number of carbonyl (C=O) groups excluding carboxylic acids is 2. The number of pyridine rings is 1. The molecule has 1 aromatic heterocycles. The number of benzene rings is 1. The zero-order valence-electron chi connectivity index (χ0n) is 19.6. The van der Waals surface area contributed by atoms with Gasteiger partial charge in [0.2, 0.25) is 5.91 Å². The second-order valence-electron chi connectivity index (χ2n) is 9.58. The molecule has 4 N–H and O–H groups in total. The van der Waals surface area contributed by atoms with Gasteiger partial charge < -0.3 is 30.5 Å². The number of aromatic nitrogens is 1. The number of hydrogen-bond acceptors (Lipinski definition) is 6. The third-order valence-electron chi connectivity index (χ3n) is 7.07. The van der Waals surface area contributed by atoms with E-state index in [1.165, 1.54) is 0 Å². The second-order valence-corrected chi connectivity index (χ2v) is 9.58. The van der Waals surface area contributed by atoms with Crippen LogP contribution in [0.1, 0.15) is 55.6 Å². The second kappa shape index (κ2) is 10.6. The van der Waals surface area contributed by atoms with E-state index in [4.69, 9.17) is 9.47 Å². The fraction of sp³-hybridized carbons (Fsp3) is 0.500. The lowest BCUT2D eigenvalue weighted by Crippen LogP contribution is -2.47. The lowest BCUT2D eigenvalue weighted by Gasteiger charge is -2.37. The van der Waals surface area contributed by atoms with Gasteiger partial charge in [-0.25, -0.2) is 4.79 Å². The molecule has 3 aliphatic rings. The van der Waals surface area contributed by atoms with Gasteiger partial charge in [-0.3, -0.25) is 9.78 Å². The summed E-state index contributed by atoms with van der Waals surface area (Å²) in [7, 11) is 0. The number of aliphatic hydroxyl groups excluding tert-OH is 1. The maximum absolute atomic E-state index is 12.6. The number of aliphatic hydroxyl groups is 1. The van der Waals surface area contributed by atoms with E-state index in [0.29, 0.717) is 18.7 Å². The van der Waals surface area contributed by atoms with E-state index in [1.54, 1.807) is 12.4 Å². The molecule has 0 bridgehead atoms. The number of urea groups is 1. The van der Waals surface area contributed by atoms with Crippen molar-refractivity contribution < 1.29 is 24.2 Å². The maximum Gasteiger partial charge on any atom is 0.319 e. The van der Waals surface area contributed by atoms with Crippen LogP contribution in [0.5, 0.6) is 5.75 Å². The smallest absolute Gasteiger partial charge is 0.319 e. The highest BCUT2D eigenvalue weighted by molar-refractivity contribution is 5.89. The van der Waals surface area contributed by atoms with Crippen molar-refractivity contribution in [1.82, 2.24) is 15.6 Å². The maximum atomic E-state index is 12.6. The predicted molar refractivity (Wildman–Crippen MR) is 129 cm³/mol. The monoisotopic (exact) mass is 480 g/mol. The van der Waals surface area contributed by atoms with E-state index in [0.717, 1.165) is 42.6 Å². The molecule has 35 heavy (non-hydrogen) atoms. The molecule has 1 aliphatic carbocycles. The van der Waals surface area contributed by atoms with Crippen LogP contribution in [-0.2, 0) is 16.1 Å². The first-order chi connectivity index (χ1) is 17.1. The van der Waals surface area contributed by atoms with Crippen LogP contribution in [0.3, 0.4) is 0 Å². The zero-order chi connectivity index (χ0) is 24.2. The summed E-state index contributed by atoms with van der Waals surface area (Å²) in [4.78, 5) is 29.1. The molecule has 4 atom stereocenters. The van der Waals surface area contributed by atoms with E-state index in [9.17, 15) is 14.7 Å². The van der Waals surface area contributed by atoms with E-state index in [-0.39, 0.29) is 49.1 Å². The molecule has 3 heterocycles. The minimum absolute atomic E-state index is 0.0355. The van der Waals surface area contributed by atoms with E-state index < -0.39 is 6.10 Å². The molecule has 5 rings (SSSR count). The van der Waals surface area contributed by atoms with Crippen LogP contribution in [-0.4, -0.2) is 53.0 Å². The van der Waals surface area contributed by atoms with Crippen LogP contribution < -0.4 is 20.7 Å². The normalized spacial score (nSPS) is 25.3. The molecule has 1 saturated heterocycles. The van der Waals surface area contributed by atoms with Crippen LogP contribution in [0.2, 0.25) is 0 Å². The van der Waals surface area contributed by atoms with Gasteiger partial charge in [0, 0.05) is 42.1 Å². The highest BCUT2D eigenvalue weighted by atomic mass is 16.6. The Morgan fingerprint density at radius 2 is 2.03 bits per heavy atom. The average molecular weight is 481 g/mol. The van der Waals surface area contributed by atoms with E-state index in [1.807, 2.05) is 30.3 Å². The summed E-state index contributed by atoms with van der Waals surface area (Å²) in [5.41, 5.74) is 2.59. The van der Waals surface area contributed by atoms with Gasteiger partial charge in [0.25, 0.3) is 0 Å². The molecule has 186 valence electrons. The lowest BCUT2D eigenvalue weighted by molar-refractivity contribution is -0.142. The molecule has 9 nitrogen and oxygen atoms in total. The van der Waals surface area contributed by atoms with Crippen LogP contribution in [0.4, 0.5) is 10.5 Å². The highest BCUT2D eigenvalue weighted by Gasteiger charge is 2.46. The predicted octanol–water partition coefficient (Wildman–Crippen LogP) is 2.85. The topological polar surface area (TPSA) is 122 Å². The molecule has 1 saturated carbocycles. The first-order valence-corrected chi connectivity index (χ1v) is 12.4. The largest absolute Gasteiger partial charge is 0.487 e. The fourth-order valence-corrected chi connectivity index (χ4v) is 5.37. The van der Waals surface area contributed by atoms with Crippen LogP contribution in [0, 0.1) is 0 Å². The molecule has 2 aliphatic heterocycles. The van der Waals surface area contributed by atoms with Gasteiger partial charge >= 0.3 is 6.03 Å². The Balaban J connectivity index is 1.22. The molecule has 2 fully saturated rings. The Bertz CT molecular complexity index is 1040. The van der Waals surface area contributed by atoms with Gasteiger partial charge in [0.15, 0.2) is 0 Å². The third kappa shape index (κ3) is 5.57. The van der Waals surface area contributed by atoms with Crippen molar-refractivity contribution in [3.63, 3.8) is 0 Å². The number of ether oxygens (including phenoxy) is 2. The first kappa shape index (κ1) is 23.6. The number of fused-ring (bicyclic) bond motifs is 3. The highest BCUT2D eigenvalue weighted by Crippen LogP contribution is 2.47. The van der Waals surface area contributed by atoms with E-state index >= 15 is 0 Å². The van der Waals surface area contributed by atoms with Gasteiger partial charge in [-0.2, -0.15) is 0 Å². The summed E-state index contributed by atoms with van der Waals surface area (Å²) < 4.78 is 12.2. The molecule has 9 heteroatoms. The quantitative estimate of drug-likeness (QED) is 0.484. The summed E-state index contributed by atoms with van der Waals surface area (Å²) in [5.74, 6) is 0.573. The molecular formula is C26H32N4O5. The van der Waals surface area contributed by atoms with Crippen LogP contribution in [0.15, 0.2) is 42.7 Å². The zero-order valence-corrected chi connectivity index (χ0v) is 19.6. The minimum atomic E-state index is -0.528. The number of rotatable bonds is 7. The lowest BCUT2D eigenvalue weighted by atomic mass is 9.84. The third-order valence-corrected chi connectivity index (χ3v) is 7.07. The Hall–Kier alpha value is -3.17. The molecule has 0 unspecified atom stereocenters. The van der Waals surface area contributed by atoms with Crippen molar-refractivity contribution in [2.75, 3.05) is 11.9 Å². The van der Waals surface area contributed by atoms with Crippen molar-refractivity contribution >= 4 is 17.6 Å². The minimum Gasteiger partial charge on any atom is -0.487 e. The number of nitrogens with one attached hydrogen (secondary N) is 3. The summed E-state index contributed by atoms with van der Waals surface area (Å²) in [5, 5.41) is 18.8. The van der Waals surface area contributed by atoms with Gasteiger partial charge in [-0.1, -0.05) is 18.9 Å². The SMILES string of the molecule is O=C(C[C@H]1C[C@@H]2c3cc(NC(=O)NC4CCCC4)ccc3O[C@@H]2[C@@H](CO)O1)NCc1cccnc1. The van der Waals surface area contributed by atoms with Gasteiger partial charge in [-0.05, 0) is 49.1 Å². The molecule has 0 radical (unpaired) electrons. The Morgan fingerprint density at radius 1 is 1.17 bits per heavy atom. The van der Waals surface area contributed by atoms with Crippen LogP contribution in [0.25, 0.3) is 0 Å². The summed E-state index contributed by atoms with van der Waals surface area (Å²) in [6.45, 7) is 0.205. The van der Waals surface area contributed by atoms with Crippen molar-refractivity contribution in [2.24, 2.45) is 0 Å². The Kier molecular flexibility index (Phi) is 7.15. The molecular weight excluding hydrogens is 448 g/mol. The van der Waals surface area contributed by atoms with Crippen molar-refractivity contribution in [2.45, 2.75) is 75.3 Å². The number of hydrogen-bond donors (Lipinski definition) is 4. The van der Waals surface area contributed by atoms with Gasteiger partial charge in [0.05, 0.1) is 19.1 Å². The Labute approximate surface area is 204 Å². The summed E-state index contributed by atoms with van der Waals surface area (Å²) in [6.07, 6.45) is 7.34. The van der Waals surface area contributed by atoms with Crippen molar-refractivity contribution in [1.29, 1.82) is 0 Å². The van der Waals surface area contributed by atoms with Gasteiger partial charge in [0.1, 0.15) is 18.0 Å². The average Bonchev–Trinajstić information content (AvgIpc) is 3.50. The van der Waals surface area contributed by atoms with Gasteiger partial charge in [-0.15, -0.1) is 0 Å². The van der Waals surface area contributed by atoms with Crippen LogP contribution >= 0.6 is 0 Å². The molecule has 3 amide bonds. The Morgan fingerprint density at radius 3 is 2.80 bits per heavy atom. The first-order valence-electron chi connectivity index (χ1n) is 12.4. The number of nitrogens with zero attached hydrogens (tertiary/aromatic N) is 1.